The number of carbonyl (C=O) groups is 1. The zero-order chi connectivity index (χ0) is 15.1. The van der Waals surface area contributed by atoms with Crippen molar-refractivity contribution in [2.24, 2.45) is 0 Å². The Labute approximate surface area is 125 Å². The molecule has 0 aliphatic carbocycles. The van der Waals surface area contributed by atoms with E-state index in [0.29, 0.717) is 34.1 Å². The van der Waals surface area contributed by atoms with Gasteiger partial charge in [0.2, 0.25) is 13.6 Å². The quantitative estimate of drug-likeness (QED) is 0.875. The highest BCUT2D eigenvalue weighted by Crippen LogP contribution is 2.36. The third-order valence-corrected chi connectivity index (χ3v) is 3.62. The SMILES string of the molecule is O=C(c1ccc2c(c1)OCO2)[C@@H](O)c1ccc2c(c1)OCO2. The first kappa shape index (κ1) is 13.0. The second-order valence-corrected chi connectivity index (χ2v) is 4.95. The number of benzene rings is 2. The third-order valence-electron chi connectivity index (χ3n) is 3.62. The van der Waals surface area contributed by atoms with E-state index >= 15 is 0 Å². The molecule has 0 fully saturated rings. The predicted octanol–water partition coefficient (Wildman–Crippen LogP) is 2.06. The van der Waals surface area contributed by atoms with Crippen LogP contribution in [0.1, 0.15) is 22.0 Å². The van der Waals surface area contributed by atoms with Crippen LogP contribution in [-0.4, -0.2) is 24.5 Å². The van der Waals surface area contributed by atoms with Crippen molar-refractivity contribution in [3.05, 3.63) is 47.5 Å². The van der Waals surface area contributed by atoms with Crippen molar-refractivity contribution >= 4 is 5.78 Å². The normalized spacial score (nSPS) is 15.7. The van der Waals surface area contributed by atoms with E-state index < -0.39 is 11.9 Å². The Morgan fingerprint density at radius 2 is 1.45 bits per heavy atom. The predicted molar refractivity (Wildman–Crippen MR) is 74.4 cm³/mol. The van der Waals surface area contributed by atoms with Crippen molar-refractivity contribution in [1.29, 1.82) is 0 Å². The van der Waals surface area contributed by atoms with Gasteiger partial charge in [0.15, 0.2) is 28.8 Å². The summed E-state index contributed by atoms with van der Waals surface area (Å²) >= 11 is 0. The molecule has 1 N–H and O–H groups in total. The summed E-state index contributed by atoms with van der Waals surface area (Å²) in [6.07, 6.45) is -1.28. The zero-order valence-corrected chi connectivity index (χ0v) is 11.4. The maximum atomic E-state index is 12.4. The zero-order valence-electron chi connectivity index (χ0n) is 11.4. The van der Waals surface area contributed by atoms with Crippen molar-refractivity contribution in [2.75, 3.05) is 13.6 Å². The van der Waals surface area contributed by atoms with Crippen LogP contribution in [0.2, 0.25) is 0 Å². The maximum Gasteiger partial charge on any atom is 0.231 e. The van der Waals surface area contributed by atoms with Crippen LogP contribution in [0.5, 0.6) is 23.0 Å². The van der Waals surface area contributed by atoms with E-state index in [1.807, 2.05) is 0 Å². The number of hydrogen-bond donors (Lipinski definition) is 1. The minimum absolute atomic E-state index is 0.137. The fourth-order valence-corrected chi connectivity index (χ4v) is 2.44. The summed E-state index contributed by atoms with van der Waals surface area (Å²) in [7, 11) is 0. The van der Waals surface area contributed by atoms with Crippen LogP contribution in [-0.2, 0) is 0 Å². The van der Waals surface area contributed by atoms with Crippen LogP contribution in [0.4, 0.5) is 0 Å². The van der Waals surface area contributed by atoms with E-state index in [9.17, 15) is 9.90 Å². The van der Waals surface area contributed by atoms with Crippen LogP contribution in [0, 0.1) is 0 Å². The number of rotatable bonds is 3. The molecule has 4 rings (SSSR count). The minimum Gasteiger partial charge on any atom is -0.454 e. The number of Topliss-reactive ketones (excluding diaryl/α,β-unsaturated/α-hetero) is 1. The second kappa shape index (κ2) is 4.92. The number of ketones is 1. The number of fused-ring (bicyclic) bond motifs is 2. The van der Waals surface area contributed by atoms with E-state index in [4.69, 9.17) is 18.9 Å². The molecule has 2 aliphatic rings. The number of aliphatic hydroxyl groups is 1. The first-order chi connectivity index (χ1) is 10.7. The molecule has 0 amide bonds. The van der Waals surface area contributed by atoms with E-state index in [1.165, 1.54) is 0 Å². The molecule has 0 saturated heterocycles. The number of hydrogen-bond acceptors (Lipinski definition) is 6. The molecule has 0 aromatic heterocycles. The highest BCUT2D eigenvalue weighted by molar-refractivity contribution is 6.00. The molecule has 0 saturated carbocycles. The van der Waals surface area contributed by atoms with Crippen LogP contribution >= 0.6 is 0 Å². The monoisotopic (exact) mass is 300 g/mol. The van der Waals surface area contributed by atoms with Gasteiger partial charge in [0.25, 0.3) is 0 Å². The molecule has 6 heteroatoms. The fraction of sp³-hybridized carbons (Fsp3) is 0.188. The second-order valence-electron chi connectivity index (χ2n) is 4.95. The molecular weight excluding hydrogens is 288 g/mol. The Bertz CT molecular complexity index is 754. The molecule has 1 atom stereocenters. The van der Waals surface area contributed by atoms with Gasteiger partial charge in [0.1, 0.15) is 6.10 Å². The van der Waals surface area contributed by atoms with Gasteiger partial charge in [-0.1, -0.05) is 6.07 Å². The smallest absolute Gasteiger partial charge is 0.231 e. The molecule has 22 heavy (non-hydrogen) atoms. The molecule has 2 aromatic rings. The third kappa shape index (κ3) is 2.05. The van der Waals surface area contributed by atoms with Gasteiger partial charge in [-0.05, 0) is 35.9 Å². The van der Waals surface area contributed by atoms with Crippen molar-refractivity contribution < 1.29 is 28.8 Å². The molecule has 2 heterocycles. The molecule has 112 valence electrons. The Morgan fingerprint density at radius 3 is 2.18 bits per heavy atom. The van der Waals surface area contributed by atoms with Crippen LogP contribution in [0.3, 0.4) is 0 Å². The minimum atomic E-state index is -1.28. The van der Waals surface area contributed by atoms with Crippen molar-refractivity contribution in [3.8, 4) is 23.0 Å². The standard InChI is InChI=1S/C16H12O6/c17-15(9-1-3-11-13(5-9)21-7-19-11)16(18)10-2-4-12-14(6-10)22-8-20-12/h1-6,15,17H,7-8H2/t15-/m0/s1. The first-order valence-electron chi connectivity index (χ1n) is 6.74. The van der Waals surface area contributed by atoms with Gasteiger partial charge >= 0.3 is 0 Å². The van der Waals surface area contributed by atoms with E-state index in [2.05, 4.69) is 0 Å². The van der Waals surface area contributed by atoms with Gasteiger partial charge < -0.3 is 24.1 Å². The highest BCUT2D eigenvalue weighted by atomic mass is 16.7. The summed E-state index contributed by atoms with van der Waals surface area (Å²) < 4.78 is 20.9. The van der Waals surface area contributed by atoms with Gasteiger partial charge in [-0.15, -0.1) is 0 Å². The lowest BCUT2D eigenvalue weighted by atomic mass is 9.99. The number of aliphatic hydroxyl groups excluding tert-OH is 1. The lowest BCUT2D eigenvalue weighted by Gasteiger charge is -2.11. The fourth-order valence-electron chi connectivity index (χ4n) is 2.44. The summed E-state index contributed by atoms with van der Waals surface area (Å²) in [6, 6.07) is 9.75. The molecule has 6 nitrogen and oxygen atoms in total. The Balaban J connectivity index is 1.62. The van der Waals surface area contributed by atoms with Crippen LogP contribution < -0.4 is 18.9 Å². The Hall–Kier alpha value is -2.73. The van der Waals surface area contributed by atoms with Crippen molar-refractivity contribution in [2.45, 2.75) is 6.10 Å². The van der Waals surface area contributed by atoms with Crippen molar-refractivity contribution in [3.63, 3.8) is 0 Å². The molecular formula is C16H12O6. The van der Waals surface area contributed by atoms with Gasteiger partial charge in [-0.3, -0.25) is 4.79 Å². The molecule has 0 radical (unpaired) electrons. The van der Waals surface area contributed by atoms with Crippen molar-refractivity contribution in [1.82, 2.24) is 0 Å². The maximum absolute atomic E-state index is 12.4. The van der Waals surface area contributed by atoms with Gasteiger partial charge in [0.05, 0.1) is 0 Å². The van der Waals surface area contributed by atoms with Gasteiger partial charge in [-0.2, -0.15) is 0 Å². The van der Waals surface area contributed by atoms with Gasteiger partial charge in [-0.25, -0.2) is 0 Å². The van der Waals surface area contributed by atoms with E-state index in [1.54, 1.807) is 36.4 Å². The van der Waals surface area contributed by atoms with E-state index in [0.717, 1.165) is 0 Å². The number of carbonyl (C=O) groups excluding carboxylic acids is 1. The largest absolute Gasteiger partial charge is 0.454 e. The topological polar surface area (TPSA) is 74.2 Å². The summed E-state index contributed by atoms with van der Waals surface area (Å²) in [5.74, 6) is 1.80. The average molecular weight is 300 g/mol. The summed E-state index contributed by atoms with van der Waals surface area (Å²) in [5, 5.41) is 10.3. The number of ether oxygens (including phenoxy) is 4. The van der Waals surface area contributed by atoms with Crippen LogP contribution in [0.15, 0.2) is 36.4 Å². The summed E-state index contributed by atoms with van der Waals surface area (Å²) in [6.45, 7) is 0.280. The molecule has 2 aromatic carbocycles. The summed E-state index contributed by atoms with van der Waals surface area (Å²) in [5.41, 5.74) is 0.807. The lowest BCUT2D eigenvalue weighted by molar-refractivity contribution is 0.0747. The molecule has 2 aliphatic heterocycles. The van der Waals surface area contributed by atoms with Crippen LogP contribution in [0.25, 0.3) is 0 Å². The highest BCUT2D eigenvalue weighted by Gasteiger charge is 2.24. The molecule has 0 spiro atoms. The molecule has 0 unspecified atom stereocenters. The van der Waals surface area contributed by atoms with Gasteiger partial charge in [0, 0.05) is 5.56 Å². The lowest BCUT2D eigenvalue weighted by Crippen LogP contribution is -2.12. The first-order valence-corrected chi connectivity index (χ1v) is 6.74. The van der Waals surface area contributed by atoms with E-state index in [-0.39, 0.29) is 13.6 Å². The average Bonchev–Trinajstić information content (AvgIpc) is 3.20. The molecule has 0 bridgehead atoms. The Morgan fingerprint density at radius 1 is 0.864 bits per heavy atom. The Kier molecular flexibility index (Phi) is 2.90. The summed E-state index contributed by atoms with van der Waals surface area (Å²) in [4.78, 5) is 12.4.